The van der Waals surface area contributed by atoms with Crippen LogP contribution in [-0.2, 0) is 16.1 Å². The van der Waals surface area contributed by atoms with Crippen LogP contribution in [0.25, 0.3) is 0 Å². The number of aryl methyl sites for hydroxylation is 1. The van der Waals surface area contributed by atoms with Gasteiger partial charge in [0.2, 0.25) is 5.91 Å². The van der Waals surface area contributed by atoms with E-state index < -0.39 is 17.9 Å². The molecule has 0 saturated heterocycles. The lowest BCUT2D eigenvalue weighted by Crippen LogP contribution is -2.44. The van der Waals surface area contributed by atoms with Gasteiger partial charge in [-0.25, -0.2) is 9.78 Å². The molecule has 2 rings (SSSR count). The first-order valence-corrected chi connectivity index (χ1v) is 8.26. The molecule has 0 fully saturated rings. The van der Waals surface area contributed by atoms with Gasteiger partial charge in [0.05, 0.1) is 6.33 Å². The summed E-state index contributed by atoms with van der Waals surface area (Å²) in [6.45, 7) is 3.94. The Morgan fingerprint density at radius 3 is 2.65 bits per heavy atom. The number of imidazole rings is 1. The number of carbonyl (C=O) groups excluding carboxylic acids is 2. The predicted octanol–water partition coefficient (Wildman–Crippen LogP) is 1.75. The Balaban J connectivity index is 1.97. The standard InChI is InChI=1S/C18H22N4O4/c1-12(2)16(18(25)26)21-17(24)13-4-3-5-14(10-13)20-15(23)6-8-22-9-7-19-11-22/h3-5,7,9-12,16H,6,8H2,1-2H3,(H,20,23)(H,21,24)(H,25,26)/t16-/m0/s1. The second kappa shape index (κ2) is 8.80. The molecule has 0 bridgehead atoms. The second-order valence-corrected chi connectivity index (χ2v) is 6.21. The van der Waals surface area contributed by atoms with Crippen LogP contribution in [0.15, 0.2) is 43.0 Å². The molecular weight excluding hydrogens is 336 g/mol. The molecule has 8 heteroatoms. The van der Waals surface area contributed by atoms with Crippen LogP contribution in [0.1, 0.15) is 30.6 Å². The fraction of sp³-hybridized carbons (Fsp3) is 0.333. The van der Waals surface area contributed by atoms with Crippen molar-refractivity contribution in [2.24, 2.45) is 5.92 Å². The average molecular weight is 358 g/mol. The monoisotopic (exact) mass is 358 g/mol. The molecule has 0 aliphatic carbocycles. The Labute approximate surface area is 151 Å². The van der Waals surface area contributed by atoms with Crippen molar-refractivity contribution in [2.75, 3.05) is 5.32 Å². The number of nitrogens with zero attached hydrogens (tertiary/aromatic N) is 2. The van der Waals surface area contributed by atoms with Gasteiger partial charge in [-0.2, -0.15) is 0 Å². The third-order valence-corrected chi connectivity index (χ3v) is 3.78. The first-order valence-electron chi connectivity index (χ1n) is 8.26. The minimum Gasteiger partial charge on any atom is -0.480 e. The molecule has 8 nitrogen and oxygen atoms in total. The van der Waals surface area contributed by atoms with Gasteiger partial charge in [0.1, 0.15) is 6.04 Å². The number of carboxylic acids is 1. The molecule has 2 aromatic rings. The summed E-state index contributed by atoms with van der Waals surface area (Å²) in [5.74, 6) is -2.03. The third-order valence-electron chi connectivity index (χ3n) is 3.78. The zero-order chi connectivity index (χ0) is 19.1. The molecule has 0 saturated carbocycles. The molecule has 1 aromatic heterocycles. The molecule has 0 unspecified atom stereocenters. The van der Waals surface area contributed by atoms with Gasteiger partial charge >= 0.3 is 5.97 Å². The van der Waals surface area contributed by atoms with Gasteiger partial charge in [0.15, 0.2) is 0 Å². The number of hydrogen-bond acceptors (Lipinski definition) is 4. The third kappa shape index (κ3) is 5.44. The Morgan fingerprint density at radius 1 is 1.27 bits per heavy atom. The zero-order valence-corrected chi connectivity index (χ0v) is 14.7. The molecule has 0 aliphatic rings. The topological polar surface area (TPSA) is 113 Å². The van der Waals surface area contributed by atoms with E-state index >= 15 is 0 Å². The number of anilines is 1. The Hall–Kier alpha value is -3.16. The Morgan fingerprint density at radius 2 is 2.04 bits per heavy atom. The largest absolute Gasteiger partial charge is 0.480 e. The lowest BCUT2D eigenvalue weighted by Gasteiger charge is -2.18. The summed E-state index contributed by atoms with van der Waals surface area (Å²) in [5, 5.41) is 14.4. The number of carbonyl (C=O) groups is 3. The van der Waals surface area contributed by atoms with Crippen LogP contribution in [-0.4, -0.2) is 38.5 Å². The van der Waals surface area contributed by atoms with Crippen molar-refractivity contribution in [1.29, 1.82) is 0 Å². The van der Waals surface area contributed by atoms with E-state index in [1.807, 2.05) is 0 Å². The van der Waals surface area contributed by atoms with Crippen molar-refractivity contribution in [3.05, 3.63) is 48.5 Å². The predicted molar refractivity (Wildman–Crippen MR) is 95.6 cm³/mol. The summed E-state index contributed by atoms with van der Waals surface area (Å²) < 4.78 is 1.79. The van der Waals surface area contributed by atoms with Gasteiger partial charge in [-0.05, 0) is 24.1 Å². The summed E-state index contributed by atoms with van der Waals surface area (Å²) in [6.07, 6.45) is 5.31. The lowest BCUT2D eigenvalue weighted by atomic mass is 10.0. The van der Waals surface area contributed by atoms with Crippen molar-refractivity contribution in [2.45, 2.75) is 32.9 Å². The van der Waals surface area contributed by atoms with Crippen LogP contribution in [0.3, 0.4) is 0 Å². The fourth-order valence-electron chi connectivity index (χ4n) is 2.35. The van der Waals surface area contributed by atoms with Gasteiger partial charge < -0.3 is 20.3 Å². The SMILES string of the molecule is CC(C)[C@H](NC(=O)c1cccc(NC(=O)CCn2ccnc2)c1)C(=O)O. The highest BCUT2D eigenvalue weighted by Gasteiger charge is 2.24. The maximum absolute atomic E-state index is 12.3. The average Bonchev–Trinajstić information content (AvgIpc) is 3.11. The molecule has 1 atom stereocenters. The van der Waals surface area contributed by atoms with Crippen LogP contribution in [0.2, 0.25) is 0 Å². The number of nitrogens with one attached hydrogen (secondary N) is 2. The van der Waals surface area contributed by atoms with Crippen molar-refractivity contribution in [1.82, 2.24) is 14.9 Å². The molecular formula is C18H22N4O4. The molecule has 26 heavy (non-hydrogen) atoms. The maximum atomic E-state index is 12.3. The first-order chi connectivity index (χ1) is 12.4. The highest BCUT2D eigenvalue weighted by Crippen LogP contribution is 2.12. The highest BCUT2D eigenvalue weighted by molar-refractivity contribution is 5.98. The zero-order valence-electron chi connectivity index (χ0n) is 14.7. The van der Waals surface area contributed by atoms with E-state index in [1.54, 1.807) is 55.3 Å². The van der Waals surface area contributed by atoms with E-state index in [0.29, 0.717) is 12.2 Å². The van der Waals surface area contributed by atoms with Crippen molar-refractivity contribution < 1.29 is 19.5 Å². The Bertz CT molecular complexity index is 771. The summed E-state index contributed by atoms with van der Waals surface area (Å²) >= 11 is 0. The first kappa shape index (κ1) is 19.2. The number of carboxylic acid groups (broad SMARTS) is 1. The van der Waals surface area contributed by atoms with E-state index in [4.69, 9.17) is 0 Å². The summed E-state index contributed by atoms with van der Waals surface area (Å²) in [7, 11) is 0. The van der Waals surface area contributed by atoms with Gasteiger partial charge in [0, 0.05) is 36.6 Å². The van der Waals surface area contributed by atoms with Gasteiger partial charge in [-0.1, -0.05) is 19.9 Å². The number of benzene rings is 1. The number of aliphatic carboxylic acids is 1. The fourth-order valence-corrected chi connectivity index (χ4v) is 2.35. The summed E-state index contributed by atoms with van der Waals surface area (Å²) in [6, 6.07) is 5.41. The number of hydrogen-bond donors (Lipinski definition) is 3. The maximum Gasteiger partial charge on any atom is 0.326 e. The quantitative estimate of drug-likeness (QED) is 0.665. The molecule has 3 N–H and O–H groups in total. The normalized spacial score (nSPS) is 11.8. The number of aromatic nitrogens is 2. The van der Waals surface area contributed by atoms with Gasteiger partial charge in [-0.15, -0.1) is 0 Å². The van der Waals surface area contributed by atoms with E-state index in [2.05, 4.69) is 15.6 Å². The summed E-state index contributed by atoms with van der Waals surface area (Å²) in [5.41, 5.74) is 0.758. The molecule has 1 heterocycles. The smallest absolute Gasteiger partial charge is 0.326 e. The van der Waals surface area contributed by atoms with E-state index in [0.717, 1.165) is 0 Å². The van der Waals surface area contributed by atoms with Gasteiger partial charge in [-0.3, -0.25) is 9.59 Å². The molecule has 0 aliphatic heterocycles. The van der Waals surface area contributed by atoms with Crippen LogP contribution in [0, 0.1) is 5.92 Å². The van der Waals surface area contributed by atoms with Crippen LogP contribution in [0.5, 0.6) is 0 Å². The van der Waals surface area contributed by atoms with E-state index in [1.165, 1.54) is 6.07 Å². The van der Waals surface area contributed by atoms with Crippen LogP contribution in [0.4, 0.5) is 5.69 Å². The van der Waals surface area contributed by atoms with Crippen LogP contribution >= 0.6 is 0 Å². The minimum absolute atomic E-state index is 0.193. The molecule has 138 valence electrons. The number of amides is 2. The molecule has 1 aromatic carbocycles. The molecule has 2 amide bonds. The second-order valence-electron chi connectivity index (χ2n) is 6.21. The minimum atomic E-state index is -1.09. The van der Waals surface area contributed by atoms with Gasteiger partial charge in [0.25, 0.3) is 5.91 Å². The lowest BCUT2D eigenvalue weighted by molar-refractivity contribution is -0.140. The van der Waals surface area contributed by atoms with Crippen molar-refractivity contribution in [3.8, 4) is 0 Å². The van der Waals surface area contributed by atoms with E-state index in [9.17, 15) is 19.5 Å². The van der Waals surface area contributed by atoms with Crippen molar-refractivity contribution >= 4 is 23.5 Å². The van der Waals surface area contributed by atoms with Crippen molar-refractivity contribution in [3.63, 3.8) is 0 Å². The molecule has 0 spiro atoms. The van der Waals surface area contributed by atoms with Crippen LogP contribution < -0.4 is 10.6 Å². The Kier molecular flexibility index (Phi) is 6.48. The summed E-state index contributed by atoms with van der Waals surface area (Å²) in [4.78, 5) is 39.4. The highest BCUT2D eigenvalue weighted by atomic mass is 16.4. The molecule has 0 radical (unpaired) electrons. The number of rotatable bonds is 8. The van der Waals surface area contributed by atoms with E-state index in [-0.39, 0.29) is 23.8 Å².